The molecule has 1 N–H and O–H groups in total. The molecule has 0 aliphatic carbocycles. The van der Waals surface area contributed by atoms with Crippen molar-refractivity contribution in [3.05, 3.63) is 34.3 Å². The summed E-state index contributed by atoms with van der Waals surface area (Å²) in [5.41, 5.74) is 1.35. The van der Waals surface area contributed by atoms with E-state index in [0.717, 1.165) is 19.6 Å². The summed E-state index contributed by atoms with van der Waals surface area (Å²) in [7, 11) is 2.17. The summed E-state index contributed by atoms with van der Waals surface area (Å²) in [5, 5.41) is 3.60. The van der Waals surface area contributed by atoms with Crippen LogP contribution in [0, 0.1) is 0 Å². The average Bonchev–Trinajstić information content (AvgIpc) is 2.37. The Kier molecular flexibility index (Phi) is 7.56. The fraction of sp³-hybridized carbons (Fsp3) is 0.600. The molecule has 3 heteroatoms. The van der Waals surface area contributed by atoms with Gasteiger partial charge in [-0.2, -0.15) is 0 Å². The van der Waals surface area contributed by atoms with Gasteiger partial charge in [-0.05, 0) is 31.5 Å². The number of halogens is 1. The van der Waals surface area contributed by atoms with Crippen LogP contribution in [-0.4, -0.2) is 31.1 Å². The SMILES string of the molecule is CCC(CC)NCCN(C)Cc1ccccc1Br. The van der Waals surface area contributed by atoms with E-state index in [4.69, 9.17) is 0 Å². The van der Waals surface area contributed by atoms with Gasteiger partial charge in [0.25, 0.3) is 0 Å². The Balaban J connectivity index is 2.30. The Labute approximate surface area is 120 Å². The first-order chi connectivity index (χ1) is 8.67. The molecule has 2 nitrogen and oxygen atoms in total. The Morgan fingerprint density at radius 3 is 2.50 bits per heavy atom. The number of likely N-dealkylation sites (N-methyl/N-ethyl adjacent to an activating group) is 1. The average molecular weight is 313 g/mol. The van der Waals surface area contributed by atoms with Crippen LogP contribution in [0.25, 0.3) is 0 Å². The second-order valence-corrected chi connectivity index (χ2v) is 5.65. The third-order valence-corrected chi connectivity index (χ3v) is 4.08. The molecule has 0 radical (unpaired) electrons. The molecular formula is C15H25BrN2. The predicted octanol–water partition coefficient (Wildman–Crippen LogP) is 3.66. The summed E-state index contributed by atoms with van der Waals surface area (Å²) in [6.07, 6.45) is 2.43. The summed E-state index contributed by atoms with van der Waals surface area (Å²) in [4.78, 5) is 2.36. The highest BCUT2D eigenvalue weighted by atomic mass is 79.9. The third-order valence-electron chi connectivity index (χ3n) is 3.31. The summed E-state index contributed by atoms with van der Waals surface area (Å²) in [5.74, 6) is 0. The van der Waals surface area contributed by atoms with Crippen molar-refractivity contribution in [2.45, 2.75) is 39.3 Å². The molecule has 0 heterocycles. The van der Waals surface area contributed by atoms with Crippen LogP contribution in [0.2, 0.25) is 0 Å². The van der Waals surface area contributed by atoms with Gasteiger partial charge in [0.05, 0.1) is 0 Å². The Morgan fingerprint density at radius 1 is 1.22 bits per heavy atom. The molecule has 0 atom stereocenters. The van der Waals surface area contributed by atoms with Crippen LogP contribution < -0.4 is 5.32 Å². The van der Waals surface area contributed by atoms with Crippen molar-refractivity contribution in [2.75, 3.05) is 20.1 Å². The van der Waals surface area contributed by atoms with E-state index in [1.807, 2.05) is 0 Å². The molecule has 0 bridgehead atoms. The van der Waals surface area contributed by atoms with Crippen molar-refractivity contribution < 1.29 is 0 Å². The maximum Gasteiger partial charge on any atom is 0.0242 e. The number of hydrogen-bond acceptors (Lipinski definition) is 2. The zero-order valence-electron chi connectivity index (χ0n) is 11.7. The molecule has 0 unspecified atom stereocenters. The lowest BCUT2D eigenvalue weighted by Crippen LogP contribution is -2.35. The summed E-state index contributed by atoms with van der Waals surface area (Å²) < 4.78 is 1.20. The van der Waals surface area contributed by atoms with Gasteiger partial charge in [0.2, 0.25) is 0 Å². The van der Waals surface area contributed by atoms with Crippen molar-refractivity contribution in [1.82, 2.24) is 10.2 Å². The molecule has 0 saturated carbocycles. The minimum absolute atomic E-state index is 0.668. The van der Waals surface area contributed by atoms with Crippen LogP contribution in [-0.2, 0) is 6.54 Å². The Morgan fingerprint density at radius 2 is 1.89 bits per heavy atom. The van der Waals surface area contributed by atoms with Gasteiger partial charge in [-0.3, -0.25) is 0 Å². The third kappa shape index (κ3) is 5.51. The van der Waals surface area contributed by atoms with Crippen molar-refractivity contribution in [1.29, 1.82) is 0 Å². The van der Waals surface area contributed by atoms with Crippen LogP contribution in [0.3, 0.4) is 0 Å². The van der Waals surface area contributed by atoms with E-state index in [9.17, 15) is 0 Å². The first kappa shape index (κ1) is 15.7. The van der Waals surface area contributed by atoms with Crippen LogP contribution in [0.5, 0.6) is 0 Å². The van der Waals surface area contributed by atoms with Gasteiger partial charge >= 0.3 is 0 Å². The summed E-state index contributed by atoms with van der Waals surface area (Å²) in [6, 6.07) is 9.10. The molecule has 0 aliphatic heterocycles. The van der Waals surface area contributed by atoms with E-state index >= 15 is 0 Å². The van der Waals surface area contributed by atoms with Crippen molar-refractivity contribution >= 4 is 15.9 Å². The molecule has 1 aromatic carbocycles. The number of benzene rings is 1. The molecule has 1 aromatic rings. The lowest BCUT2D eigenvalue weighted by Gasteiger charge is -2.20. The van der Waals surface area contributed by atoms with E-state index in [1.54, 1.807) is 0 Å². The fourth-order valence-electron chi connectivity index (χ4n) is 2.03. The van der Waals surface area contributed by atoms with E-state index in [-0.39, 0.29) is 0 Å². The smallest absolute Gasteiger partial charge is 0.0242 e. The predicted molar refractivity (Wildman–Crippen MR) is 82.8 cm³/mol. The molecule has 0 aromatic heterocycles. The fourth-order valence-corrected chi connectivity index (χ4v) is 2.44. The number of rotatable bonds is 8. The Hall–Kier alpha value is -0.380. The zero-order chi connectivity index (χ0) is 13.4. The monoisotopic (exact) mass is 312 g/mol. The standard InChI is InChI=1S/C15H25BrN2/c1-4-14(5-2)17-10-11-18(3)12-13-8-6-7-9-15(13)16/h6-9,14,17H,4-5,10-12H2,1-3H3. The first-order valence-electron chi connectivity index (χ1n) is 6.82. The van der Waals surface area contributed by atoms with Crippen molar-refractivity contribution in [2.24, 2.45) is 0 Å². The molecule has 0 aliphatic rings. The van der Waals surface area contributed by atoms with Gasteiger partial charge in [-0.1, -0.05) is 48.0 Å². The molecule has 0 fully saturated rings. The van der Waals surface area contributed by atoms with Gasteiger partial charge in [-0.15, -0.1) is 0 Å². The largest absolute Gasteiger partial charge is 0.313 e. The zero-order valence-corrected chi connectivity index (χ0v) is 13.3. The molecule has 18 heavy (non-hydrogen) atoms. The van der Waals surface area contributed by atoms with Crippen LogP contribution in [0.15, 0.2) is 28.7 Å². The highest BCUT2D eigenvalue weighted by Crippen LogP contribution is 2.16. The maximum absolute atomic E-state index is 3.60. The van der Waals surface area contributed by atoms with Gasteiger partial charge in [-0.25, -0.2) is 0 Å². The number of hydrogen-bond donors (Lipinski definition) is 1. The quantitative estimate of drug-likeness (QED) is 0.788. The molecule has 0 spiro atoms. The summed E-state index contributed by atoms with van der Waals surface area (Å²) in [6.45, 7) is 7.62. The normalized spacial score (nSPS) is 11.4. The lowest BCUT2D eigenvalue weighted by molar-refractivity contribution is 0.313. The molecule has 0 saturated heterocycles. The van der Waals surface area contributed by atoms with Crippen LogP contribution in [0.4, 0.5) is 0 Å². The highest BCUT2D eigenvalue weighted by molar-refractivity contribution is 9.10. The number of nitrogens with zero attached hydrogens (tertiary/aromatic N) is 1. The topological polar surface area (TPSA) is 15.3 Å². The van der Waals surface area contributed by atoms with Crippen LogP contribution >= 0.6 is 15.9 Å². The second-order valence-electron chi connectivity index (χ2n) is 4.80. The van der Waals surface area contributed by atoms with E-state index in [0.29, 0.717) is 6.04 Å². The molecule has 0 amide bonds. The van der Waals surface area contributed by atoms with Crippen molar-refractivity contribution in [3.63, 3.8) is 0 Å². The van der Waals surface area contributed by atoms with Crippen molar-refractivity contribution in [3.8, 4) is 0 Å². The molecular weight excluding hydrogens is 288 g/mol. The van der Waals surface area contributed by atoms with E-state index in [2.05, 4.69) is 71.3 Å². The molecule has 1 rings (SSSR count). The van der Waals surface area contributed by atoms with E-state index < -0.39 is 0 Å². The molecule has 102 valence electrons. The lowest BCUT2D eigenvalue weighted by atomic mass is 10.2. The van der Waals surface area contributed by atoms with Gasteiger partial charge in [0, 0.05) is 30.1 Å². The van der Waals surface area contributed by atoms with Gasteiger partial charge < -0.3 is 10.2 Å². The van der Waals surface area contributed by atoms with E-state index in [1.165, 1.54) is 22.9 Å². The summed E-state index contributed by atoms with van der Waals surface area (Å²) >= 11 is 3.60. The maximum atomic E-state index is 3.60. The number of nitrogens with one attached hydrogen (secondary N) is 1. The first-order valence-corrected chi connectivity index (χ1v) is 7.62. The highest BCUT2D eigenvalue weighted by Gasteiger charge is 2.05. The second kappa shape index (κ2) is 8.68. The Bertz CT molecular complexity index is 337. The van der Waals surface area contributed by atoms with Gasteiger partial charge in [0.1, 0.15) is 0 Å². The van der Waals surface area contributed by atoms with Gasteiger partial charge in [0.15, 0.2) is 0 Å². The minimum atomic E-state index is 0.668. The minimum Gasteiger partial charge on any atom is -0.313 e. The van der Waals surface area contributed by atoms with Crippen LogP contribution in [0.1, 0.15) is 32.3 Å².